The monoisotopic (exact) mass is 362 g/mol. The summed E-state index contributed by atoms with van der Waals surface area (Å²) in [6, 6.07) is 5.71. The van der Waals surface area contributed by atoms with Gasteiger partial charge in [0.05, 0.1) is 6.61 Å². The lowest BCUT2D eigenvalue weighted by Gasteiger charge is -2.20. The molecule has 0 aliphatic heterocycles. The smallest absolute Gasteiger partial charge is 0.161 e. The summed E-state index contributed by atoms with van der Waals surface area (Å²) < 4.78 is 5.81. The number of hydrogen-bond donors (Lipinski definition) is 1. The third kappa shape index (κ3) is 10.1. The second-order valence-corrected chi connectivity index (χ2v) is 8.67. The summed E-state index contributed by atoms with van der Waals surface area (Å²) in [6.45, 7) is 9.49. The molecule has 0 atom stereocenters. The molecule has 2 heteroatoms. The molecule has 26 heavy (non-hydrogen) atoms. The molecule has 0 aliphatic rings. The Kier molecular flexibility index (Phi) is 11.5. The SMILES string of the molecule is CCCCCCCCCCCCCCOc1cc(C(C)(C)C)ccc1O. The Morgan fingerprint density at radius 1 is 0.769 bits per heavy atom. The van der Waals surface area contributed by atoms with Crippen LogP contribution < -0.4 is 4.74 Å². The van der Waals surface area contributed by atoms with E-state index in [1.54, 1.807) is 6.07 Å². The average Bonchev–Trinajstić information content (AvgIpc) is 2.59. The molecule has 0 radical (unpaired) electrons. The number of benzene rings is 1. The van der Waals surface area contributed by atoms with Crippen LogP contribution in [0.5, 0.6) is 11.5 Å². The lowest BCUT2D eigenvalue weighted by atomic mass is 9.87. The van der Waals surface area contributed by atoms with Crippen molar-refractivity contribution in [3.05, 3.63) is 23.8 Å². The molecule has 0 unspecified atom stereocenters. The molecule has 0 saturated heterocycles. The molecule has 0 amide bonds. The number of ether oxygens (including phenoxy) is 1. The third-order valence-electron chi connectivity index (χ3n) is 5.08. The van der Waals surface area contributed by atoms with Crippen LogP contribution in [0.25, 0.3) is 0 Å². The van der Waals surface area contributed by atoms with Crippen LogP contribution in [0.1, 0.15) is 110 Å². The molecule has 1 aromatic carbocycles. The second-order valence-electron chi connectivity index (χ2n) is 8.67. The Hall–Kier alpha value is -1.18. The second kappa shape index (κ2) is 13.1. The van der Waals surface area contributed by atoms with E-state index in [1.165, 1.54) is 76.2 Å². The van der Waals surface area contributed by atoms with E-state index in [-0.39, 0.29) is 11.2 Å². The van der Waals surface area contributed by atoms with Crippen molar-refractivity contribution in [2.24, 2.45) is 0 Å². The number of unbranched alkanes of at least 4 members (excludes halogenated alkanes) is 11. The van der Waals surface area contributed by atoms with Crippen molar-refractivity contribution in [2.75, 3.05) is 6.61 Å². The fourth-order valence-electron chi connectivity index (χ4n) is 3.22. The molecule has 0 spiro atoms. The van der Waals surface area contributed by atoms with Crippen molar-refractivity contribution >= 4 is 0 Å². The van der Waals surface area contributed by atoms with Crippen molar-refractivity contribution in [3.63, 3.8) is 0 Å². The summed E-state index contributed by atoms with van der Waals surface area (Å²) in [4.78, 5) is 0. The minimum atomic E-state index is 0.0712. The van der Waals surface area contributed by atoms with Crippen LogP contribution in [-0.2, 0) is 5.41 Å². The molecular formula is C24H42O2. The zero-order valence-corrected chi connectivity index (χ0v) is 17.8. The van der Waals surface area contributed by atoms with Crippen molar-refractivity contribution in [2.45, 2.75) is 110 Å². The van der Waals surface area contributed by atoms with Crippen LogP contribution in [0, 0.1) is 0 Å². The first-order valence-electron chi connectivity index (χ1n) is 10.9. The van der Waals surface area contributed by atoms with E-state index in [0.29, 0.717) is 12.4 Å². The van der Waals surface area contributed by atoms with Gasteiger partial charge in [-0.25, -0.2) is 0 Å². The summed E-state index contributed by atoms with van der Waals surface area (Å²) in [6.07, 6.45) is 16.1. The first-order chi connectivity index (χ1) is 12.4. The van der Waals surface area contributed by atoms with E-state index in [4.69, 9.17) is 4.74 Å². The van der Waals surface area contributed by atoms with Crippen LogP contribution in [0.2, 0.25) is 0 Å². The van der Waals surface area contributed by atoms with E-state index in [9.17, 15) is 5.11 Å². The predicted molar refractivity (Wildman–Crippen MR) is 113 cm³/mol. The van der Waals surface area contributed by atoms with Gasteiger partial charge in [-0.3, -0.25) is 0 Å². The van der Waals surface area contributed by atoms with Gasteiger partial charge in [0.2, 0.25) is 0 Å². The minimum Gasteiger partial charge on any atom is -0.504 e. The van der Waals surface area contributed by atoms with E-state index in [0.717, 1.165) is 6.42 Å². The summed E-state index contributed by atoms with van der Waals surface area (Å²) in [5, 5.41) is 9.97. The maximum Gasteiger partial charge on any atom is 0.161 e. The zero-order valence-electron chi connectivity index (χ0n) is 17.8. The van der Waals surface area contributed by atoms with Gasteiger partial charge in [-0.15, -0.1) is 0 Å². The molecule has 0 heterocycles. The molecule has 0 saturated carbocycles. The highest BCUT2D eigenvalue weighted by molar-refractivity contribution is 5.43. The van der Waals surface area contributed by atoms with Crippen LogP contribution >= 0.6 is 0 Å². The maximum absolute atomic E-state index is 9.97. The molecule has 150 valence electrons. The first kappa shape index (κ1) is 22.9. The summed E-state index contributed by atoms with van der Waals surface area (Å²) in [5.41, 5.74) is 1.27. The fourth-order valence-corrected chi connectivity index (χ4v) is 3.22. The predicted octanol–water partition coefficient (Wildman–Crippen LogP) is 7.77. The molecule has 0 fully saturated rings. The number of aromatic hydroxyl groups is 1. The Labute approximate surface area is 162 Å². The van der Waals surface area contributed by atoms with Crippen LogP contribution in [0.4, 0.5) is 0 Å². The Balaban J connectivity index is 2.04. The highest BCUT2D eigenvalue weighted by Gasteiger charge is 2.15. The molecular weight excluding hydrogens is 320 g/mol. The minimum absolute atomic E-state index is 0.0712. The highest BCUT2D eigenvalue weighted by Crippen LogP contribution is 2.32. The van der Waals surface area contributed by atoms with Crippen LogP contribution in [-0.4, -0.2) is 11.7 Å². The van der Waals surface area contributed by atoms with Gasteiger partial charge in [-0.1, -0.05) is 104 Å². The topological polar surface area (TPSA) is 29.5 Å². The van der Waals surface area contributed by atoms with E-state index < -0.39 is 0 Å². The third-order valence-corrected chi connectivity index (χ3v) is 5.08. The Morgan fingerprint density at radius 3 is 1.77 bits per heavy atom. The van der Waals surface area contributed by atoms with Crippen molar-refractivity contribution < 1.29 is 9.84 Å². The lowest BCUT2D eigenvalue weighted by Crippen LogP contribution is -2.11. The molecule has 0 aromatic heterocycles. The Bertz CT molecular complexity index is 474. The standard InChI is InChI=1S/C24H42O2/c1-5-6-7-8-9-10-11-12-13-14-15-16-19-26-23-20-21(24(2,3)4)17-18-22(23)25/h17-18,20,25H,5-16,19H2,1-4H3. The molecule has 1 N–H and O–H groups in total. The van der Waals surface area contributed by atoms with Gasteiger partial charge in [0.25, 0.3) is 0 Å². The molecule has 0 bridgehead atoms. The molecule has 1 rings (SSSR count). The van der Waals surface area contributed by atoms with Crippen molar-refractivity contribution in [1.29, 1.82) is 0 Å². The highest BCUT2D eigenvalue weighted by atomic mass is 16.5. The van der Waals surface area contributed by atoms with Crippen molar-refractivity contribution in [3.8, 4) is 11.5 Å². The number of rotatable bonds is 14. The maximum atomic E-state index is 9.97. The van der Waals surface area contributed by atoms with Gasteiger partial charge >= 0.3 is 0 Å². The quantitative estimate of drug-likeness (QED) is 0.342. The first-order valence-corrected chi connectivity index (χ1v) is 10.9. The summed E-state index contributed by atoms with van der Waals surface area (Å²) in [5.74, 6) is 0.873. The van der Waals surface area contributed by atoms with Gasteiger partial charge in [0, 0.05) is 0 Å². The fraction of sp³-hybridized carbons (Fsp3) is 0.750. The molecule has 0 aliphatic carbocycles. The summed E-state index contributed by atoms with van der Waals surface area (Å²) in [7, 11) is 0. The normalized spacial score (nSPS) is 11.7. The lowest BCUT2D eigenvalue weighted by molar-refractivity contribution is 0.288. The van der Waals surface area contributed by atoms with Crippen LogP contribution in [0.15, 0.2) is 18.2 Å². The number of phenols is 1. The average molecular weight is 363 g/mol. The van der Waals surface area contributed by atoms with E-state index >= 15 is 0 Å². The molecule has 2 nitrogen and oxygen atoms in total. The van der Waals surface area contributed by atoms with Crippen LogP contribution in [0.3, 0.4) is 0 Å². The van der Waals surface area contributed by atoms with Gasteiger partial charge in [0.1, 0.15) is 0 Å². The van der Waals surface area contributed by atoms with Gasteiger partial charge in [-0.2, -0.15) is 0 Å². The van der Waals surface area contributed by atoms with Gasteiger partial charge in [-0.05, 0) is 29.5 Å². The number of hydrogen-bond acceptors (Lipinski definition) is 2. The Morgan fingerprint density at radius 2 is 1.27 bits per heavy atom. The van der Waals surface area contributed by atoms with E-state index in [2.05, 4.69) is 27.7 Å². The largest absolute Gasteiger partial charge is 0.504 e. The zero-order chi connectivity index (χ0) is 19.3. The number of phenolic OH excluding ortho intramolecular Hbond substituents is 1. The van der Waals surface area contributed by atoms with Crippen molar-refractivity contribution in [1.82, 2.24) is 0 Å². The summed E-state index contributed by atoms with van der Waals surface area (Å²) >= 11 is 0. The van der Waals surface area contributed by atoms with E-state index in [1.807, 2.05) is 12.1 Å². The molecule has 1 aromatic rings. The van der Waals surface area contributed by atoms with Gasteiger partial charge < -0.3 is 9.84 Å². The van der Waals surface area contributed by atoms with Gasteiger partial charge in [0.15, 0.2) is 11.5 Å².